The van der Waals surface area contributed by atoms with E-state index in [1.54, 1.807) is 23.1 Å². The molecule has 0 amide bonds. The fraction of sp³-hybridized carbons (Fsp3) is 0.200. The van der Waals surface area contributed by atoms with Crippen LogP contribution in [0, 0.1) is 0 Å². The standard InChI is InChI=1S/C15H15N3S2/c1-2-11(16)12-8-7-10(9-17-12)19-15-18-13-5-3-4-6-14(13)20-15/h3-9,11H,2,16H2,1H3/t11-/m1/s1. The molecule has 0 spiro atoms. The third-order valence-electron chi connectivity index (χ3n) is 3.06. The first kappa shape index (κ1) is 13.5. The Labute approximate surface area is 126 Å². The first-order valence-electron chi connectivity index (χ1n) is 6.51. The van der Waals surface area contributed by atoms with Gasteiger partial charge in [0, 0.05) is 17.1 Å². The SMILES string of the molecule is CC[C@@H](N)c1ccc(Sc2nc3ccccc3s2)cn1. The van der Waals surface area contributed by atoms with E-state index in [0.717, 1.165) is 26.9 Å². The molecule has 2 heterocycles. The second kappa shape index (κ2) is 5.91. The normalized spacial score (nSPS) is 12.7. The third kappa shape index (κ3) is 2.85. The van der Waals surface area contributed by atoms with Crippen LogP contribution in [0.3, 0.4) is 0 Å². The van der Waals surface area contributed by atoms with Crippen LogP contribution >= 0.6 is 23.1 Å². The summed E-state index contributed by atoms with van der Waals surface area (Å²) in [4.78, 5) is 10.1. The van der Waals surface area contributed by atoms with Gasteiger partial charge in [0.15, 0.2) is 4.34 Å². The predicted octanol–water partition coefficient (Wildman–Crippen LogP) is 4.25. The van der Waals surface area contributed by atoms with E-state index >= 15 is 0 Å². The Kier molecular flexibility index (Phi) is 4.00. The zero-order valence-electron chi connectivity index (χ0n) is 11.1. The summed E-state index contributed by atoms with van der Waals surface area (Å²) in [5.41, 5.74) is 7.97. The molecule has 0 bridgehead atoms. The first-order valence-corrected chi connectivity index (χ1v) is 8.14. The molecule has 3 rings (SSSR count). The van der Waals surface area contributed by atoms with E-state index in [4.69, 9.17) is 5.73 Å². The van der Waals surface area contributed by atoms with Gasteiger partial charge in [-0.05, 0) is 30.7 Å². The average Bonchev–Trinajstić information content (AvgIpc) is 2.89. The summed E-state index contributed by atoms with van der Waals surface area (Å²) >= 11 is 3.35. The summed E-state index contributed by atoms with van der Waals surface area (Å²) in [6, 6.07) is 12.3. The Morgan fingerprint density at radius 1 is 1.25 bits per heavy atom. The van der Waals surface area contributed by atoms with Crippen molar-refractivity contribution in [2.75, 3.05) is 0 Å². The van der Waals surface area contributed by atoms with Gasteiger partial charge in [0.1, 0.15) is 0 Å². The zero-order valence-corrected chi connectivity index (χ0v) is 12.7. The maximum Gasteiger partial charge on any atom is 0.155 e. The lowest BCUT2D eigenvalue weighted by Gasteiger charge is -2.07. The fourth-order valence-corrected chi connectivity index (χ4v) is 3.88. The Morgan fingerprint density at radius 3 is 2.80 bits per heavy atom. The van der Waals surface area contributed by atoms with Crippen molar-refractivity contribution in [2.24, 2.45) is 5.73 Å². The summed E-state index contributed by atoms with van der Waals surface area (Å²) in [7, 11) is 0. The highest BCUT2D eigenvalue weighted by Gasteiger charge is 2.07. The molecular weight excluding hydrogens is 286 g/mol. The van der Waals surface area contributed by atoms with E-state index in [-0.39, 0.29) is 6.04 Å². The summed E-state index contributed by atoms with van der Waals surface area (Å²) in [5.74, 6) is 0. The van der Waals surface area contributed by atoms with E-state index in [9.17, 15) is 0 Å². The van der Waals surface area contributed by atoms with E-state index in [1.807, 2.05) is 30.5 Å². The molecule has 5 heteroatoms. The number of aromatic nitrogens is 2. The molecule has 0 aliphatic carbocycles. The number of nitrogens with zero attached hydrogens (tertiary/aromatic N) is 2. The molecule has 0 saturated carbocycles. The van der Waals surface area contributed by atoms with Crippen LogP contribution in [0.5, 0.6) is 0 Å². The van der Waals surface area contributed by atoms with E-state index in [2.05, 4.69) is 29.0 Å². The van der Waals surface area contributed by atoms with Crippen LogP contribution in [-0.2, 0) is 0 Å². The van der Waals surface area contributed by atoms with Crippen LogP contribution in [-0.4, -0.2) is 9.97 Å². The molecule has 0 saturated heterocycles. The zero-order chi connectivity index (χ0) is 13.9. The van der Waals surface area contributed by atoms with Crippen molar-refractivity contribution >= 4 is 33.3 Å². The number of rotatable bonds is 4. The Balaban J connectivity index is 1.80. The second-order valence-corrected chi connectivity index (χ2v) is 6.83. The number of nitrogens with two attached hydrogens (primary N) is 1. The van der Waals surface area contributed by atoms with Gasteiger partial charge in [0.2, 0.25) is 0 Å². The first-order chi connectivity index (χ1) is 9.76. The quantitative estimate of drug-likeness (QED) is 0.782. The minimum Gasteiger partial charge on any atom is -0.323 e. The molecular formula is C15H15N3S2. The van der Waals surface area contributed by atoms with Crippen molar-refractivity contribution in [1.29, 1.82) is 0 Å². The number of thiazole rings is 1. The number of hydrogen-bond acceptors (Lipinski definition) is 5. The van der Waals surface area contributed by atoms with Gasteiger partial charge in [0.05, 0.1) is 15.9 Å². The summed E-state index contributed by atoms with van der Waals surface area (Å²) in [5, 5.41) is 0. The van der Waals surface area contributed by atoms with Crippen molar-refractivity contribution in [3.8, 4) is 0 Å². The largest absolute Gasteiger partial charge is 0.323 e. The van der Waals surface area contributed by atoms with Crippen LogP contribution in [0.25, 0.3) is 10.2 Å². The molecule has 0 aliphatic rings. The van der Waals surface area contributed by atoms with E-state index < -0.39 is 0 Å². The van der Waals surface area contributed by atoms with Crippen molar-refractivity contribution < 1.29 is 0 Å². The summed E-state index contributed by atoms with van der Waals surface area (Å²) < 4.78 is 2.26. The highest BCUT2D eigenvalue weighted by Crippen LogP contribution is 2.34. The van der Waals surface area contributed by atoms with Crippen molar-refractivity contribution in [2.45, 2.75) is 28.6 Å². The molecule has 0 radical (unpaired) electrons. The number of benzene rings is 1. The predicted molar refractivity (Wildman–Crippen MR) is 85.2 cm³/mol. The highest BCUT2D eigenvalue weighted by atomic mass is 32.2. The molecule has 1 aromatic carbocycles. The van der Waals surface area contributed by atoms with Crippen molar-refractivity contribution in [3.05, 3.63) is 48.3 Å². The lowest BCUT2D eigenvalue weighted by atomic mass is 10.1. The summed E-state index contributed by atoms with van der Waals surface area (Å²) in [6.07, 6.45) is 2.78. The number of fused-ring (bicyclic) bond motifs is 1. The van der Waals surface area contributed by atoms with Gasteiger partial charge in [-0.1, -0.05) is 30.8 Å². The van der Waals surface area contributed by atoms with Gasteiger partial charge in [-0.2, -0.15) is 0 Å². The Bertz CT molecular complexity index is 673. The fourth-order valence-electron chi connectivity index (χ4n) is 1.88. The molecule has 3 aromatic rings. The Morgan fingerprint density at radius 2 is 2.10 bits per heavy atom. The smallest absolute Gasteiger partial charge is 0.155 e. The molecule has 20 heavy (non-hydrogen) atoms. The van der Waals surface area contributed by atoms with Gasteiger partial charge in [-0.25, -0.2) is 4.98 Å². The van der Waals surface area contributed by atoms with Crippen LogP contribution in [0.15, 0.2) is 51.8 Å². The molecule has 3 nitrogen and oxygen atoms in total. The number of pyridine rings is 1. The molecule has 2 aromatic heterocycles. The van der Waals surface area contributed by atoms with E-state index in [1.165, 1.54) is 4.70 Å². The highest BCUT2D eigenvalue weighted by molar-refractivity contribution is 8.01. The molecule has 2 N–H and O–H groups in total. The van der Waals surface area contributed by atoms with Gasteiger partial charge in [-0.3, -0.25) is 4.98 Å². The minimum atomic E-state index is 0.0245. The van der Waals surface area contributed by atoms with E-state index in [0.29, 0.717) is 0 Å². The van der Waals surface area contributed by atoms with Gasteiger partial charge < -0.3 is 5.73 Å². The number of para-hydroxylation sites is 1. The minimum absolute atomic E-state index is 0.0245. The van der Waals surface area contributed by atoms with Crippen molar-refractivity contribution in [3.63, 3.8) is 0 Å². The molecule has 0 fully saturated rings. The lowest BCUT2D eigenvalue weighted by molar-refractivity contribution is 0.674. The Hall–Kier alpha value is -1.43. The van der Waals surface area contributed by atoms with Crippen LogP contribution in [0.1, 0.15) is 25.1 Å². The van der Waals surface area contributed by atoms with Crippen LogP contribution in [0.2, 0.25) is 0 Å². The van der Waals surface area contributed by atoms with Gasteiger partial charge >= 0.3 is 0 Å². The van der Waals surface area contributed by atoms with Gasteiger partial charge in [-0.15, -0.1) is 11.3 Å². The van der Waals surface area contributed by atoms with Gasteiger partial charge in [0.25, 0.3) is 0 Å². The average molecular weight is 301 g/mol. The maximum atomic E-state index is 5.97. The molecule has 1 atom stereocenters. The summed E-state index contributed by atoms with van der Waals surface area (Å²) in [6.45, 7) is 2.07. The molecule has 0 unspecified atom stereocenters. The second-order valence-electron chi connectivity index (χ2n) is 4.48. The number of hydrogen-bond donors (Lipinski definition) is 1. The van der Waals surface area contributed by atoms with Crippen LogP contribution in [0.4, 0.5) is 0 Å². The monoisotopic (exact) mass is 301 g/mol. The third-order valence-corrected chi connectivity index (χ3v) is 5.13. The maximum absolute atomic E-state index is 5.97. The van der Waals surface area contributed by atoms with Crippen molar-refractivity contribution in [1.82, 2.24) is 9.97 Å². The van der Waals surface area contributed by atoms with Crippen LogP contribution < -0.4 is 5.73 Å². The molecule has 102 valence electrons. The molecule has 0 aliphatic heterocycles. The topological polar surface area (TPSA) is 51.8 Å². The lowest BCUT2D eigenvalue weighted by Crippen LogP contribution is -2.10.